The molecule has 0 aromatic heterocycles. The molecule has 1 amide bonds. The largest absolute Gasteiger partial charge is 0.493 e. The maximum atomic E-state index is 12.3. The molecule has 0 aliphatic carbocycles. The van der Waals surface area contributed by atoms with Crippen LogP contribution < -0.4 is 10.1 Å². The van der Waals surface area contributed by atoms with Crippen molar-refractivity contribution in [2.75, 3.05) is 26.2 Å². The summed E-state index contributed by atoms with van der Waals surface area (Å²) in [7, 11) is 0. The molecule has 2 aliphatic rings. The number of nitrogens with zero attached hydrogens (tertiary/aromatic N) is 1. The van der Waals surface area contributed by atoms with Crippen molar-refractivity contribution in [2.24, 2.45) is 5.92 Å². The summed E-state index contributed by atoms with van der Waals surface area (Å²) < 4.78 is 5.69. The van der Waals surface area contributed by atoms with Gasteiger partial charge in [0, 0.05) is 19.1 Å². The van der Waals surface area contributed by atoms with Crippen molar-refractivity contribution in [3.8, 4) is 5.75 Å². The second-order valence-electron chi connectivity index (χ2n) is 6.84. The third kappa shape index (κ3) is 4.47. The number of ether oxygens (including phenoxy) is 1. The summed E-state index contributed by atoms with van der Waals surface area (Å²) in [4.78, 5) is 14.3. The number of carbonyl (C=O) groups excluding carboxylic acids is 1. The lowest BCUT2D eigenvalue weighted by atomic mass is 9.88. The first-order chi connectivity index (χ1) is 11.2. The second kappa shape index (κ2) is 7.82. The summed E-state index contributed by atoms with van der Waals surface area (Å²) in [6.45, 7) is 5.49. The number of carbonyl (C=O) groups is 1. The van der Waals surface area contributed by atoms with Crippen molar-refractivity contribution in [3.05, 3.63) is 29.8 Å². The molecular formula is C19H28N2O2. The first-order valence-corrected chi connectivity index (χ1v) is 8.93. The molecule has 2 fully saturated rings. The summed E-state index contributed by atoms with van der Waals surface area (Å²) >= 11 is 0. The van der Waals surface area contributed by atoms with Crippen LogP contribution in [0, 0.1) is 12.8 Å². The highest BCUT2D eigenvalue weighted by Gasteiger charge is 2.29. The Morgan fingerprint density at radius 2 is 2.13 bits per heavy atom. The van der Waals surface area contributed by atoms with Crippen LogP contribution in [0.4, 0.5) is 0 Å². The highest BCUT2D eigenvalue weighted by atomic mass is 16.5. The lowest BCUT2D eigenvalue weighted by molar-refractivity contribution is -0.133. The van der Waals surface area contributed by atoms with Gasteiger partial charge in [0.25, 0.3) is 0 Å². The Morgan fingerprint density at radius 3 is 2.83 bits per heavy atom. The Balaban J connectivity index is 1.37. The fraction of sp³-hybridized carbons (Fsp3) is 0.632. The van der Waals surface area contributed by atoms with Crippen LogP contribution in [0.1, 0.15) is 37.7 Å². The SMILES string of the molecule is Cc1cccc(OCCC(=O)N2CCC(C3CCCN3)CC2)c1. The van der Waals surface area contributed by atoms with Crippen molar-refractivity contribution in [1.82, 2.24) is 10.2 Å². The maximum Gasteiger partial charge on any atom is 0.225 e. The molecule has 2 aliphatic heterocycles. The van der Waals surface area contributed by atoms with Crippen molar-refractivity contribution in [2.45, 2.75) is 45.1 Å². The molecule has 3 rings (SSSR count). The molecule has 1 aromatic carbocycles. The highest BCUT2D eigenvalue weighted by molar-refractivity contribution is 5.76. The van der Waals surface area contributed by atoms with Crippen molar-refractivity contribution in [3.63, 3.8) is 0 Å². The minimum Gasteiger partial charge on any atom is -0.493 e. The van der Waals surface area contributed by atoms with E-state index in [4.69, 9.17) is 4.74 Å². The third-order valence-electron chi connectivity index (χ3n) is 5.13. The van der Waals surface area contributed by atoms with E-state index in [1.807, 2.05) is 36.1 Å². The standard InChI is InChI=1S/C19H28N2O2/c1-15-4-2-5-17(14-15)23-13-9-19(22)21-11-7-16(8-12-21)18-6-3-10-20-18/h2,4-5,14,16,18,20H,3,6-13H2,1H3. The third-order valence-corrected chi connectivity index (χ3v) is 5.13. The Labute approximate surface area is 139 Å². The van der Waals surface area contributed by atoms with Gasteiger partial charge in [0.2, 0.25) is 5.91 Å². The van der Waals surface area contributed by atoms with E-state index in [9.17, 15) is 4.79 Å². The van der Waals surface area contributed by atoms with Crippen LogP contribution in [-0.2, 0) is 4.79 Å². The first-order valence-electron chi connectivity index (χ1n) is 8.93. The average molecular weight is 316 g/mol. The van der Waals surface area contributed by atoms with Gasteiger partial charge in [0.15, 0.2) is 0 Å². The van der Waals surface area contributed by atoms with Crippen LogP contribution in [0.5, 0.6) is 5.75 Å². The fourth-order valence-electron chi connectivity index (χ4n) is 3.78. The molecule has 23 heavy (non-hydrogen) atoms. The minimum atomic E-state index is 0.232. The summed E-state index contributed by atoms with van der Waals surface area (Å²) in [5, 5.41) is 3.60. The van der Waals surface area contributed by atoms with Crippen molar-refractivity contribution < 1.29 is 9.53 Å². The predicted octanol–water partition coefficient (Wildman–Crippen LogP) is 2.75. The number of aryl methyl sites for hydroxylation is 1. The number of hydrogen-bond acceptors (Lipinski definition) is 3. The van der Waals surface area contributed by atoms with E-state index in [1.165, 1.54) is 24.9 Å². The summed E-state index contributed by atoms with van der Waals surface area (Å²) in [5.41, 5.74) is 1.18. The van der Waals surface area contributed by atoms with Gasteiger partial charge < -0.3 is 15.0 Å². The van der Waals surface area contributed by atoms with E-state index in [0.717, 1.165) is 37.6 Å². The van der Waals surface area contributed by atoms with Gasteiger partial charge in [-0.2, -0.15) is 0 Å². The summed E-state index contributed by atoms with van der Waals surface area (Å²) in [5.74, 6) is 1.84. The van der Waals surface area contributed by atoms with Gasteiger partial charge in [-0.05, 0) is 62.8 Å². The van der Waals surface area contributed by atoms with Crippen LogP contribution in [0.15, 0.2) is 24.3 Å². The molecule has 1 aromatic rings. The van der Waals surface area contributed by atoms with E-state index in [1.54, 1.807) is 0 Å². The smallest absolute Gasteiger partial charge is 0.225 e. The molecule has 1 atom stereocenters. The number of amides is 1. The Bertz CT molecular complexity index is 518. The molecule has 126 valence electrons. The summed E-state index contributed by atoms with van der Waals surface area (Å²) in [6.07, 6.45) is 5.37. The Morgan fingerprint density at radius 1 is 1.30 bits per heavy atom. The maximum absolute atomic E-state index is 12.3. The number of nitrogens with one attached hydrogen (secondary N) is 1. The number of likely N-dealkylation sites (tertiary alicyclic amines) is 1. The van der Waals surface area contributed by atoms with Crippen molar-refractivity contribution in [1.29, 1.82) is 0 Å². The van der Waals surface area contributed by atoms with Crippen LogP contribution >= 0.6 is 0 Å². The normalized spacial score (nSPS) is 22.3. The molecule has 2 saturated heterocycles. The van der Waals surface area contributed by atoms with E-state index in [0.29, 0.717) is 19.1 Å². The number of benzene rings is 1. The zero-order valence-electron chi connectivity index (χ0n) is 14.1. The highest BCUT2D eigenvalue weighted by Crippen LogP contribution is 2.25. The van der Waals surface area contributed by atoms with Gasteiger partial charge in [-0.3, -0.25) is 4.79 Å². The molecule has 0 bridgehead atoms. The number of hydrogen-bond donors (Lipinski definition) is 1. The zero-order valence-corrected chi connectivity index (χ0v) is 14.1. The predicted molar refractivity (Wildman–Crippen MR) is 91.6 cm³/mol. The molecular weight excluding hydrogens is 288 g/mol. The quantitative estimate of drug-likeness (QED) is 0.908. The van der Waals surface area contributed by atoms with Crippen molar-refractivity contribution >= 4 is 5.91 Å². The Kier molecular flexibility index (Phi) is 5.55. The van der Waals surface area contributed by atoms with E-state index in [2.05, 4.69) is 5.32 Å². The molecule has 1 unspecified atom stereocenters. The monoisotopic (exact) mass is 316 g/mol. The minimum absolute atomic E-state index is 0.232. The van der Waals surface area contributed by atoms with Gasteiger partial charge in [-0.1, -0.05) is 12.1 Å². The van der Waals surface area contributed by atoms with Crippen LogP contribution in [0.25, 0.3) is 0 Å². The molecule has 0 radical (unpaired) electrons. The van der Waals surface area contributed by atoms with E-state index >= 15 is 0 Å². The molecule has 0 saturated carbocycles. The Hall–Kier alpha value is -1.55. The van der Waals surface area contributed by atoms with E-state index in [-0.39, 0.29) is 5.91 Å². The van der Waals surface area contributed by atoms with Gasteiger partial charge in [0.05, 0.1) is 13.0 Å². The van der Waals surface area contributed by atoms with Crippen LogP contribution in [0.2, 0.25) is 0 Å². The van der Waals surface area contributed by atoms with Gasteiger partial charge in [0.1, 0.15) is 5.75 Å². The van der Waals surface area contributed by atoms with Gasteiger partial charge in [-0.15, -0.1) is 0 Å². The topological polar surface area (TPSA) is 41.6 Å². The number of rotatable bonds is 5. The lowest BCUT2D eigenvalue weighted by Gasteiger charge is -2.35. The average Bonchev–Trinajstić information content (AvgIpc) is 3.09. The molecule has 4 nitrogen and oxygen atoms in total. The van der Waals surface area contributed by atoms with Gasteiger partial charge in [-0.25, -0.2) is 0 Å². The lowest BCUT2D eigenvalue weighted by Crippen LogP contribution is -2.43. The van der Waals surface area contributed by atoms with Crippen LogP contribution in [0.3, 0.4) is 0 Å². The first kappa shape index (κ1) is 16.3. The fourth-order valence-corrected chi connectivity index (χ4v) is 3.78. The summed E-state index contributed by atoms with van der Waals surface area (Å²) in [6, 6.07) is 8.66. The molecule has 4 heteroatoms. The van der Waals surface area contributed by atoms with E-state index < -0.39 is 0 Å². The molecule has 2 heterocycles. The van der Waals surface area contributed by atoms with Crippen LogP contribution in [-0.4, -0.2) is 43.1 Å². The molecule has 0 spiro atoms. The molecule has 1 N–H and O–H groups in total. The number of piperidine rings is 1. The second-order valence-corrected chi connectivity index (χ2v) is 6.84. The van der Waals surface area contributed by atoms with Gasteiger partial charge >= 0.3 is 0 Å². The zero-order chi connectivity index (χ0) is 16.1.